The van der Waals surface area contributed by atoms with Crippen molar-refractivity contribution < 1.29 is 9.53 Å². The third kappa shape index (κ3) is 2.89. The number of fused-ring (bicyclic) bond motifs is 2. The summed E-state index contributed by atoms with van der Waals surface area (Å²) in [4.78, 5) is 26.2. The molecule has 0 radical (unpaired) electrons. The number of amides is 1. The van der Waals surface area contributed by atoms with Gasteiger partial charge in [-0.1, -0.05) is 6.92 Å². The fourth-order valence-electron chi connectivity index (χ4n) is 3.41. The Kier molecular flexibility index (Phi) is 4.28. The molecule has 1 aliphatic carbocycles. The Morgan fingerprint density at radius 1 is 1.38 bits per heavy atom. The van der Waals surface area contributed by atoms with Gasteiger partial charge in [0.1, 0.15) is 5.56 Å². The lowest BCUT2D eigenvalue weighted by Crippen LogP contribution is -2.29. The Morgan fingerprint density at radius 2 is 2.27 bits per heavy atom. The molecule has 1 atom stereocenters. The minimum absolute atomic E-state index is 0.194. The molecular weight excluding hydrogens is 330 g/mol. The van der Waals surface area contributed by atoms with Crippen molar-refractivity contribution in [3.05, 3.63) is 53.2 Å². The highest BCUT2D eigenvalue weighted by atomic mass is 16.5. The summed E-state index contributed by atoms with van der Waals surface area (Å²) < 4.78 is 7.21. The average molecular weight is 351 g/mol. The van der Waals surface area contributed by atoms with Crippen molar-refractivity contribution in [2.75, 3.05) is 7.11 Å². The molecule has 134 valence electrons. The van der Waals surface area contributed by atoms with E-state index in [2.05, 4.69) is 20.3 Å². The zero-order valence-electron chi connectivity index (χ0n) is 14.9. The molecule has 0 saturated heterocycles. The van der Waals surface area contributed by atoms with Crippen LogP contribution in [0, 0.1) is 0 Å². The number of rotatable bonds is 5. The van der Waals surface area contributed by atoms with Crippen LogP contribution < -0.4 is 10.1 Å². The first-order valence-electron chi connectivity index (χ1n) is 8.87. The van der Waals surface area contributed by atoms with Gasteiger partial charge in [-0.25, -0.2) is 15.0 Å². The van der Waals surface area contributed by atoms with E-state index in [4.69, 9.17) is 4.74 Å². The first-order chi connectivity index (χ1) is 12.7. The molecule has 0 unspecified atom stereocenters. The number of carbonyl (C=O) groups excluding carboxylic acids is 1. The summed E-state index contributed by atoms with van der Waals surface area (Å²) in [6, 6.07) is 3.56. The van der Waals surface area contributed by atoms with Crippen molar-refractivity contribution in [1.82, 2.24) is 24.7 Å². The van der Waals surface area contributed by atoms with Crippen molar-refractivity contribution >= 4 is 11.7 Å². The van der Waals surface area contributed by atoms with Gasteiger partial charge in [0.25, 0.3) is 5.91 Å². The van der Waals surface area contributed by atoms with E-state index in [-0.39, 0.29) is 11.9 Å². The van der Waals surface area contributed by atoms with Crippen molar-refractivity contribution in [1.29, 1.82) is 0 Å². The minimum atomic E-state index is -0.206. The van der Waals surface area contributed by atoms with Crippen molar-refractivity contribution in [3.63, 3.8) is 0 Å². The van der Waals surface area contributed by atoms with E-state index in [0.29, 0.717) is 17.2 Å². The van der Waals surface area contributed by atoms with E-state index in [0.717, 1.165) is 42.6 Å². The predicted molar refractivity (Wildman–Crippen MR) is 96.3 cm³/mol. The summed E-state index contributed by atoms with van der Waals surface area (Å²) in [7, 11) is 1.55. The highest BCUT2D eigenvalue weighted by Gasteiger charge is 2.23. The van der Waals surface area contributed by atoms with E-state index >= 15 is 0 Å². The van der Waals surface area contributed by atoms with Crippen LogP contribution in [0.5, 0.6) is 5.88 Å². The Hall–Kier alpha value is -2.96. The topological polar surface area (TPSA) is 81.4 Å². The third-order valence-corrected chi connectivity index (χ3v) is 4.78. The molecular formula is C19H21N5O2. The number of aromatic nitrogens is 4. The number of aryl methyl sites for hydroxylation is 2. The SMILES string of the molecule is CC[C@@H](NC(=O)c1cc2c(nc1OC)CCC2)c1cn2cccnc2n1. The summed E-state index contributed by atoms with van der Waals surface area (Å²) in [6.07, 6.45) is 9.18. The summed E-state index contributed by atoms with van der Waals surface area (Å²) in [5, 5.41) is 3.06. The monoisotopic (exact) mass is 351 g/mol. The van der Waals surface area contributed by atoms with Crippen LogP contribution in [0.4, 0.5) is 0 Å². The molecule has 26 heavy (non-hydrogen) atoms. The molecule has 7 heteroatoms. The number of carbonyl (C=O) groups is 1. The van der Waals surface area contributed by atoms with Gasteiger partial charge >= 0.3 is 0 Å². The number of pyridine rings is 1. The summed E-state index contributed by atoms with van der Waals surface area (Å²) in [5.74, 6) is 0.808. The zero-order valence-corrected chi connectivity index (χ0v) is 14.9. The van der Waals surface area contributed by atoms with Crippen LogP contribution in [-0.4, -0.2) is 32.4 Å². The number of nitrogens with one attached hydrogen (secondary N) is 1. The average Bonchev–Trinajstić information content (AvgIpc) is 3.30. The second kappa shape index (κ2) is 6.74. The molecule has 0 aromatic carbocycles. The van der Waals surface area contributed by atoms with Gasteiger partial charge in [-0.05, 0) is 43.4 Å². The van der Waals surface area contributed by atoms with Gasteiger partial charge in [-0.3, -0.25) is 9.20 Å². The number of hydrogen-bond acceptors (Lipinski definition) is 5. The molecule has 3 heterocycles. The van der Waals surface area contributed by atoms with Crippen LogP contribution >= 0.6 is 0 Å². The van der Waals surface area contributed by atoms with Gasteiger partial charge in [0.2, 0.25) is 11.7 Å². The Balaban J connectivity index is 1.62. The highest BCUT2D eigenvalue weighted by molar-refractivity contribution is 5.97. The summed E-state index contributed by atoms with van der Waals surface area (Å²) in [5.41, 5.74) is 3.44. The van der Waals surface area contributed by atoms with E-state index in [9.17, 15) is 4.79 Å². The number of nitrogens with zero attached hydrogens (tertiary/aromatic N) is 4. The van der Waals surface area contributed by atoms with Crippen LogP contribution in [-0.2, 0) is 12.8 Å². The fourth-order valence-corrected chi connectivity index (χ4v) is 3.41. The number of hydrogen-bond donors (Lipinski definition) is 1. The fraction of sp³-hybridized carbons (Fsp3) is 0.368. The van der Waals surface area contributed by atoms with E-state index < -0.39 is 0 Å². The molecule has 3 aromatic heterocycles. The first kappa shape index (κ1) is 16.5. The molecule has 0 aliphatic heterocycles. The van der Waals surface area contributed by atoms with Crippen LogP contribution in [0.15, 0.2) is 30.7 Å². The maximum Gasteiger partial charge on any atom is 0.257 e. The molecule has 0 saturated carbocycles. The quantitative estimate of drug-likeness (QED) is 0.764. The lowest BCUT2D eigenvalue weighted by molar-refractivity contribution is 0.0931. The van der Waals surface area contributed by atoms with Crippen molar-refractivity contribution in [2.24, 2.45) is 0 Å². The van der Waals surface area contributed by atoms with Crippen LogP contribution in [0.1, 0.15) is 53.1 Å². The first-order valence-corrected chi connectivity index (χ1v) is 8.87. The van der Waals surface area contributed by atoms with Crippen molar-refractivity contribution in [3.8, 4) is 5.88 Å². The minimum Gasteiger partial charge on any atom is -0.480 e. The van der Waals surface area contributed by atoms with E-state index in [1.54, 1.807) is 13.3 Å². The maximum atomic E-state index is 12.9. The van der Waals surface area contributed by atoms with Gasteiger partial charge in [-0.15, -0.1) is 0 Å². The normalized spacial score (nSPS) is 14.2. The Bertz CT molecular complexity index is 933. The molecule has 3 aromatic rings. The van der Waals surface area contributed by atoms with Gasteiger partial charge in [-0.2, -0.15) is 0 Å². The Morgan fingerprint density at radius 3 is 3.04 bits per heavy atom. The zero-order chi connectivity index (χ0) is 18.1. The predicted octanol–water partition coefficient (Wildman–Crippen LogP) is 2.50. The number of imidazole rings is 1. The van der Waals surface area contributed by atoms with Crippen LogP contribution in [0.2, 0.25) is 0 Å². The molecule has 4 rings (SSSR count). The van der Waals surface area contributed by atoms with Crippen LogP contribution in [0.25, 0.3) is 5.78 Å². The van der Waals surface area contributed by atoms with E-state index in [1.807, 2.05) is 35.9 Å². The summed E-state index contributed by atoms with van der Waals surface area (Å²) >= 11 is 0. The van der Waals surface area contributed by atoms with Crippen molar-refractivity contribution in [2.45, 2.75) is 38.6 Å². The second-order valence-electron chi connectivity index (χ2n) is 6.43. The van der Waals surface area contributed by atoms with E-state index in [1.165, 1.54) is 0 Å². The number of ether oxygens (including phenoxy) is 1. The van der Waals surface area contributed by atoms with Gasteiger partial charge < -0.3 is 10.1 Å². The lowest BCUT2D eigenvalue weighted by atomic mass is 10.1. The molecule has 1 N–H and O–H groups in total. The molecule has 7 nitrogen and oxygen atoms in total. The number of methoxy groups -OCH3 is 1. The maximum absolute atomic E-state index is 12.9. The highest BCUT2D eigenvalue weighted by Crippen LogP contribution is 2.27. The smallest absolute Gasteiger partial charge is 0.257 e. The largest absolute Gasteiger partial charge is 0.480 e. The third-order valence-electron chi connectivity index (χ3n) is 4.78. The van der Waals surface area contributed by atoms with Crippen LogP contribution in [0.3, 0.4) is 0 Å². The Labute approximate surface area is 151 Å². The lowest BCUT2D eigenvalue weighted by Gasteiger charge is -2.16. The summed E-state index contributed by atoms with van der Waals surface area (Å²) in [6.45, 7) is 2.01. The standard InChI is InChI=1S/C19H21N5O2/c1-3-14(16-11-24-9-5-8-20-19(24)23-16)21-17(25)13-10-12-6-4-7-15(12)22-18(13)26-2/h5,8-11,14H,3-4,6-7H2,1-2H3,(H,21,25)/t14-/m1/s1. The molecule has 1 amide bonds. The molecule has 0 bridgehead atoms. The van der Waals surface area contributed by atoms with Gasteiger partial charge in [0.05, 0.1) is 18.8 Å². The molecule has 0 spiro atoms. The van der Waals surface area contributed by atoms with Gasteiger partial charge in [0.15, 0.2) is 0 Å². The molecule has 1 aliphatic rings. The second-order valence-corrected chi connectivity index (χ2v) is 6.43. The molecule has 0 fully saturated rings. The van der Waals surface area contributed by atoms with Gasteiger partial charge in [0, 0.05) is 24.3 Å².